The molecule has 0 spiro atoms. The largest absolute Gasteiger partial charge is 0.480 e. The van der Waals surface area contributed by atoms with Gasteiger partial charge in [0.25, 0.3) is 0 Å². The number of carbonyl (C=O) groups excluding carboxylic acids is 1. The Morgan fingerprint density at radius 2 is 1.89 bits per heavy atom. The van der Waals surface area contributed by atoms with E-state index in [1.165, 1.54) is 12.1 Å². The fraction of sp³-hybridized carbons (Fsp3) is 0.333. The van der Waals surface area contributed by atoms with E-state index in [1.807, 2.05) is 0 Å². The molecule has 104 valence electrons. The van der Waals surface area contributed by atoms with Crippen LogP contribution in [0.2, 0.25) is 10.0 Å². The molecule has 0 aliphatic rings. The molecule has 0 bridgehead atoms. The van der Waals surface area contributed by atoms with Crippen LogP contribution in [0.25, 0.3) is 0 Å². The van der Waals surface area contributed by atoms with Gasteiger partial charge in [-0.15, -0.1) is 0 Å². The van der Waals surface area contributed by atoms with E-state index in [0.29, 0.717) is 15.7 Å². The fourth-order valence-corrected chi connectivity index (χ4v) is 1.74. The molecule has 0 aliphatic heterocycles. The molecule has 19 heavy (non-hydrogen) atoms. The number of hydrogen-bond donors (Lipinski definition) is 3. The van der Waals surface area contributed by atoms with Crippen LogP contribution in [0.3, 0.4) is 0 Å². The molecule has 0 saturated heterocycles. The van der Waals surface area contributed by atoms with Gasteiger partial charge in [0.05, 0.1) is 10.7 Å². The summed E-state index contributed by atoms with van der Waals surface area (Å²) in [6.45, 7) is 3.40. The Hall–Kier alpha value is -1.46. The lowest BCUT2D eigenvalue weighted by Gasteiger charge is -2.18. The van der Waals surface area contributed by atoms with E-state index >= 15 is 0 Å². The Morgan fingerprint density at radius 1 is 1.26 bits per heavy atom. The van der Waals surface area contributed by atoms with Crippen molar-refractivity contribution in [1.82, 2.24) is 5.32 Å². The van der Waals surface area contributed by atoms with Gasteiger partial charge in [0, 0.05) is 5.02 Å². The van der Waals surface area contributed by atoms with Crippen LogP contribution in [0.5, 0.6) is 0 Å². The number of carboxylic acid groups (broad SMARTS) is 1. The first-order valence-electron chi connectivity index (χ1n) is 5.56. The van der Waals surface area contributed by atoms with Crippen LogP contribution in [0, 0.1) is 5.92 Å². The summed E-state index contributed by atoms with van der Waals surface area (Å²) in [6.07, 6.45) is 0. The van der Waals surface area contributed by atoms with Gasteiger partial charge in [-0.05, 0) is 24.1 Å². The van der Waals surface area contributed by atoms with Crippen LogP contribution >= 0.6 is 23.2 Å². The molecule has 7 heteroatoms. The van der Waals surface area contributed by atoms with Crippen LogP contribution in [0.4, 0.5) is 10.5 Å². The van der Waals surface area contributed by atoms with Crippen molar-refractivity contribution in [3.63, 3.8) is 0 Å². The topological polar surface area (TPSA) is 78.4 Å². The summed E-state index contributed by atoms with van der Waals surface area (Å²) in [6, 6.07) is 2.98. The highest BCUT2D eigenvalue weighted by molar-refractivity contribution is 6.35. The van der Waals surface area contributed by atoms with E-state index in [9.17, 15) is 9.59 Å². The van der Waals surface area contributed by atoms with E-state index in [-0.39, 0.29) is 5.92 Å². The molecule has 0 aliphatic carbocycles. The van der Waals surface area contributed by atoms with E-state index in [4.69, 9.17) is 28.3 Å². The van der Waals surface area contributed by atoms with E-state index < -0.39 is 18.0 Å². The molecule has 2 amide bonds. The predicted molar refractivity (Wildman–Crippen MR) is 74.9 cm³/mol. The van der Waals surface area contributed by atoms with Crippen LogP contribution in [-0.4, -0.2) is 23.1 Å². The Balaban J connectivity index is 2.74. The number of halogens is 2. The van der Waals surface area contributed by atoms with Crippen molar-refractivity contribution >= 4 is 40.9 Å². The zero-order valence-electron chi connectivity index (χ0n) is 10.4. The number of amides is 2. The van der Waals surface area contributed by atoms with Gasteiger partial charge in [-0.25, -0.2) is 9.59 Å². The highest BCUT2D eigenvalue weighted by Crippen LogP contribution is 2.25. The molecule has 1 aromatic rings. The van der Waals surface area contributed by atoms with Gasteiger partial charge < -0.3 is 15.7 Å². The molecule has 0 heterocycles. The van der Waals surface area contributed by atoms with Crippen molar-refractivity contribution in [1.29, 1.82) is 0 Å². The van der Waals surface area contributed by atoms with Crippen molar-refractivity contribution in [2.24, 2.45) is 5.92 Å². The average Bonchev–Trinajstić information content (AvgIpc) is 2.30. The van der Waals surface area contributed by atoms with Crippen molar-refractivity contribution < 1.29 is 14.7 Å². The molecule has 1 rings (SSSR count). The van der Waals surface area contributed by atoms with Gasteiger partial charge in [0.2, 0.25) is 0 Å². The first-order valence-corrected chi connectivity index (χ1v) is 6.32. The number of nitrogens with one attached hydrogen (secondary N) is 2. The normalized spacial score (nSPS) is 12.1. The number of hydrogen-bond acceptors (Lipinski definition) is 2. The summed E-state index contributed by atoms with van der Waals surface area (Å²) < 4.78 is 0. The quantitative estimate of drug-likeness (QED) is 0.799. The number of benzene rings is 1. The third-order valence-corrected chi connectivity index (χ3v) is 2.96. The number of rotatable bonds is 4. The van der Waals surface area contributed by atoms with E-state index in [0.717, 1.165) is 0 Å². The molecular formula is C12H14Cl2N2O3. The van der Waals surface area contributed by atoms with E-state index in [2.05, 4.69) is 10.6 Å². The van der Waals surface area contributed by atoms with Gasteiger partial charge >= 0.3 is 12.0 Å². The Morgan fingerprint density at radius 3 is 2.42 bits per heavy atom. The molecule has 1 aromatic carbocycles. The minimum Gasteiger partial charge on any atom is -0.480 e. The van der Waals surface area contributed by atoms with Crippen molar-refractivity contribution in [3.05, 3.63) is 28.2 Å². The Bertz CT molecular complexity index is 492. The second-order valence-corrected chi connectivity index (χ2v) is 5.13. The Kier molecular flexibility index (Phi) is 5.44. The molecule has 0 unspecified atom stereocenters. The maximum Gasteiger partial charge on any atom is 0.326 e. The SMILES string of the molecule is CC(C)[C@@H](NC(=O)Nc1cc(Cl)ccc1Cl)C(=O)O. The summed E-state index contributed by atoms with van der Waals surface area (Å²) in [5.74, 6) is -1.33. The number of urea groups is 1. The van der Waals surface area contributed by atoms with Gasteiger partial charge in [-0.1, -0.05) is 37.0 Å². The second-order valence-electron chi connectivity index (χ2n) is 4.28. The molecule has 0 aromatic heterocycles. The first-order chi connectivity index (χ1) is 8.81. The van der Waals surface area contributed by atoms with Gasteiger partial charge in [0.1, 0.15) is 6.04 Å². The third-order valence-electron chi connectivity index (χ3n) is 2.40. The monoisotopic (exact) mass is 304 g/mol. The highest BCUT2D eigenvalue weighted by atomic mass is 35.5. The predicted octanol–water partition coefficient (Wildman–Crippen LogP) is 3.22. The number of carbonyl (C=O) groups is 2. The smallest absolute Gasteiger partial charge is 0.326 e. The number of anilines is 1. The minimum absolute atomic E-state index is 0.238. The summed E-state index contributed by atoms with van der Waals surface area (Å²) in [7, 11) is 0. The van der Waals surface area contributed by atoms with Crippen LogP contribution < -0.4 is 10.6 Å². The van der Waals surface area contributed by atoms with Crippen molar-refractivity contribution in [2.75, 3.05) is 5.32 Å². The van der Waals surface area contributed by atoms with Crippen LogP contribution in [0.15, 0.2) is 18.2 Å². The zero-order valence-corrected chi connectivity index (χ0v) is 11.9. The van der Waals surface area contributed by atoms with E-state index in [1.54, 1.807) is 19.9 Å². The molecule has 1 atom stereocenters. The summed E-state index contributed by atoms with van der Waals surface area (Å²) in [5.41, 5.74) is 0.319. The summed E-state index contributed by atoms with van der Waals surface area (Å²) in [4.78, 5) is 22.7. The second kappa shape index (κ2) is 6.63. The summed E-state index contributed by atoms with van der Waals surface area (Å²) in [5, 5.41) is 14.5. The molecule has 3 N–H and O–H groups in total. The average molecular weight is 305 g/mol. The minimum atomic E-state index is -1.10. The standard InChI is InChI=1S/C12H14Cl2N2O3/c1-6(2)10(11(17)18)16-12(19)15-9-5-7(13)3-4-8(9)14/h3-6,10H,1-2H3,(H,17,18)(H2,15,16,19)/t10-/m1/s1. The fourth-order valence-electron chi connectivity index (χ4n) is 1.41. The van der Waals surface area contributed by atoms with Crippen molar-refractivity contribution in [2.45, 2.75) is 19.9 Å². The maximum atomic E-state index is 11.7. The molecule has 0 saturated carbocycles. The van der Waals surface area contributed by atoms with Crippen LogP contribution in [-0.2, 0) is 4.79 Å². The number of carboxylic acids is 1. The lowest BCUT2D eigenvalue weighted by Crippen LogP contribution is -2.46. The zero-order chi connectivity index (χ0) is 14.6. The lowest BCUT2D eigenvalue weighted by molar-refractivity contribution is -0.140. The number of aliphatic carboxylic acids is 1. The van der Waals surface area contributed by atoms with Crippen molar-refractivity contribution in [3.8, 4) is 0 Å². The summed E-state index contributed by atoms with van der Waals surface area (Å²) >= 11 is 11.7. The maximum absolute atomic E-state index is 11.7. The lowest BCUT2D eigenvalue weighted by atomic mass is 10.1. The highest BCUT2D eigenvalue weighted by Gasteiger charge is 2.23. The van der Waals surface area contributed by atoms with Gasteiger partial charge in [-0.3, -0.25) is 0 Å². The molecule has 5 nitrogen and oxygen atoms in total. The molecule has 0 radical (unpaired) electrons. The van der Waals surface area contributed by atoms with Gasteiger partial charge in [-0.2, -0.15) is 0 Å². The third kappa shape index (κ3) is 4.61. The molecule has 0 fully saturated rings. The van der Waals surface area contributed by atoms with Gasteiger partial charge in [0.15, 0.2) is 0 Å². The first kappa shape index (κ1) is 15.6. The van der Waals surface area contributed by atoms with Crippen LogP contribution in [0.1, 0.15) is 13.8 Å². The Labute approximate surface area is 120 Å². The molecular weight excluding hydrogens is 291 g/mol.